The lowest BCUT2D eigenvalue weighted by Crippen LogP contribution is -2.43. The van der Waals surface area contributed by atoms with Crippen molar-refractivity contribution in [3.05, 3.63) is 42.2 Å². The van der Waals surface area contributed by atoms with Gasteiger partial charge in [-0.1, -0.05) is 29.8 Å². The maximum atomic E-state index is 12.9. The van der Waals surface area contributed by atoms with Crippen LogP contribution in [0.25, 0.3) is 0 Å². The number of aromatic nitrogens is 1. The van der Waals surface area contributed by atoms with E-state index in [-0.39, 0.29) is 23.3 Å². The van der Waals surface area contributed by atoms with Gasteiger partial charge in [0.1, 0.15) is 6.26 Å². The Kier molecular flexibility index (Phi) is 5.74. The van der Waals surface area contributed by atoms with Gasteiger partial charge < -0.3 is 9.84 Å². The van der Waals surface area contributed by atoms with Gasteiger partial charge in [-0.2, -0.15) is 4.31 Å². The van der Waals surface area contributed by atoms with Gasteiger partial charge in [0.25, 0.3) is 0 Å². The average molecular weight is 351 g/mol. The molecule has 24 heavy (non-hydrogen) atoms. The first kappa shape index (κ1) is 18.2. The molecule has 1 amide bonds. The highest BCUT2D eigenvalue weighted by Crippen LogP contribution is 2.20. The van der Waals surface area contributed by atoms with Gasteiger partial charge in [-0.25, -0.2) is 8.42 Å². The zero-order chi connectivity index (χ0) is 17.7. The molecule has 0 radical (unpaired) electrons. The molecule has 0 aliphatic heterocycles. The Bertz CT molecular complexity index is 770. The lowest BCUT2D eigenvalue weighted by Gasteiger charge is -2.27. The molecule has 2 rings (SSSR count). The number of rotatable bonds is 7. The van der Waals surface area contributed by atoms with Crippen LogP contribution in [0.5, 0.6) is 0 Å². The Balaban J connectivity index is 2.24. The number of sulfonamides is 1. The minimum absolute atomic E-state index is 0.169. The van der Waals surface area contributed by atoms with Gasteiger partial charge in [0.15, 0.2) is 5.82 Å². The molecule has 1 aromatic heterocycles. The molecular formula is C16H21N3O4S. The molecule has 0 bridgehead atoms. The zero-order valence-corrected chi connectivity index (χ0v) is 14.7. The predicted octanol–water partition coefficient (Wildman–Crippen LogP) is 2.41. The zero-order valence-electron chi connectivity index (χ0n) is 13.9. The van der Waals surface area contributed by atoms with E-state index in [4.69, 9.17) is 0 Å². The normalized spacial score (nSPS) is 13.0. The van der Waals surface area contributed by atoms with Crippen LogP contribution in [0.3, 0.4) is 0 Å². The molecule has 130 valence electrons. The van der Waals surface area contributed by atoms with Crippen LogP contribution in [-0.2, 0) is 14.8 Å². The van der Waals surface area contributed by atoms with Crippen LogP contribution in [0.15, 0.2) is 46.0 Å². The molecular weight excluding hydrogens is 330 g/mol. The van der Waals surface area contributed by atoms with E-state index in [1.165, 1.54) is 16.6 Å². The molecule has 1 atom stereocenters. The van der Waals surface area contributed by atoms with Crippen molar-refractivity contribution in [1.29, 1.82) is 0 Å². The first-order valence-corrected chi connectivity index (χ1v) is 9.07. The van der Waals surface area contributed by atoms with Crippen LogP contribution in [0, 0.1) is 6.92 Å². The summed E-state index contributed by atoms with van der Waals surface area (Å²) in [5, 5.41) is 6.10. The number of amides is 1. The SMILES string of the molecule is CCC(C)N(CC(=O)Nc1ccon1)S(=O)(=O)c1ccc(C)cc1. The summed E-state index contributed by atoms with van der Waals surface area (Å²) in [5.74, 6) is -0.225. The Morgan fingerprint density at radius 1 is 1.29 bits per heavy atom. The van der Waals surface area contributed by atoms with Crippen molar-refractivity contribution in [3.63, 3.8) is 0 Å². The second-order valence-corrected chi connectivity index (χ2v) is 7.44. The highest BCUT2D eigenvalue weighted by Gasteiger charge is 2.30. The standard InChI is InChI=1S/C16H21N3O4S/c1-4-13(3)19(11-16(20)17-15-9-10-23-18-15)24(21,22)14-7-5-12(2)6-8-14/h5-10,13H,4,11H2,1-3H3,(H,17,18,20). The van der Waals surface area contributed by atoms with Gasteiger partial charge in [-0.3, -0.25) is 4.79 Å². The van der Waals surface area contributed by atoms with E-state index in [1.54, 1.807) is 31.2 Å². The van der Waals surface area contributed by atoms with Crippen LogP contribution in [0.1, 0.15) is 25.8 Å². The van der Waals surface area contributed by atoms with Gasteiger partial charge in [-0.15, -0.1) is 0 Å². The molecule has 0 spiro atoms. The van der Waals surface area contributed by atoms with E-state index < -0.39 is 15.9 Å². The van der Waals surface area contributed by atoms with E-state index >= 15 is 0 Å². The van der Waals surface area contributed by atoms with Crippen molar-refractivity contribution >= 4 is 21.7 Å². The lowest BCUT2D eigenvalue weighted by atomic mass is 10.2. The first-order chi connectivity index (χ1) is 11.3. The van der Waals surface area contributed by atoms with Crippen LogP contribution >= 0.6 is 0 Å². The summed E-state index contributed by atoms with van der Waals surface area (Å²) in [7, 11) is -3.77. The molecule has 0 saturated heterocycles. The number of carbonyl (C=O) groups excluding carboxylic acids is 1. The highest BCUT2D eigenvalue weighted by atomic mass is 32.2. The largest absolute Gasteiger partial charge is 0.363 e. The van der Waals surface area contributed by atoms with Crippen LogP contribution in [0.4, 0.5) is 5.82 Å². The molecule has 1 unspecified atom stereocenters. The molecule has 0 aliphatic carbocycles. The van der Waals surface area contributed by atoms with Gasteiger partial charge in [-0.05, 0) is 32.4 Å². The Labute approximate surface area is 141 Å². The van der Waals surface area contributed by atoms with E-state index in [0.29, 0.717) is 6.42 Å². The summed E-state index contributed by atoms with van der Waals surface area (Å²) in [6.07, 6.45) is 1.91. The van der Waals surface area contributed by atoms with E-state index in [1.807, 2.05) is 13.8 Å². The Morgan fingerprint density at radius 3 is 2.50 bits per heavy atom. The van der Waals surface area contributed by atoms with Crippen molar-refractivity contribution in [1.82, 2.24) is 9.46 Å². The monoisotopic (exact) mass is 351 g/mol. The summed E-state index contributed by atoms with van der Waals surface area (Å²) < 4.78 is 31.6. The van der Waals surface area contributed by atoms with Crippen LogP contribution in [0.2, 0.25) is 0 Å². The highest BCUT2D eigenvalue weighted by molar-refractivity contribution is 7.89. The Morgan fingerprint density at radius 2 is 1.96 bits per heavy atom. The molecule has 0 saturated carbocycles. The van der Waals surface area contributed by atoms with Crippen LogP contribution in [-0.4, -0.2) is 36.4 Å². The molecule has 8 heteroatoms. The number of hydrogen-bond acceptors (Lipinski definition) is 5. The van der Waals surface area contributed by atoms with Crippen LogP contribution < -0.4 is 5.32 Å². The molecule has 0 aliphatic rings. The van der Waals surface area contributed by atoms with Crippen molar-refractivity contribution in [2.45, 2.75) is 38.1 Å². The third-order valence-corrected chi connectivity index (χ3v) is 5.69. The Hall–Kier alpha value is -2.19. The second kappa shape index (κ2) is 7.59. The fourth-order valence-corrected chi connectivity index (χ4v) is 3.79. The minimum atomic E-state index is -3.77. The van der Waals surface area contributed by atoms with Crippen molar-refractivity contribution in [2.24, 2.45) is 0 Å². The van der Waals surface area contributed by atoms with E-state index in [2.05, 4.69) is 15.0 Å². The number of nitrogens with one attached hydrogen (secondary N) is 1. The third-order valence-electron chi connectivity index (χ3n) is 3.71. The quantitative estimate of drug-likeness (QED) is 0.827. The van der Waals surface area contributed by atoms with Gasteiger partial charge in [0.2, 0.25) is 15.9 Å². The second-order valence-electron chi connectivity index (χ2n) is 5.55. The number of aryl methyl sites for hydroxylation is 1. The molecule has 1 aromatic carbocycles. The summed E-state index contributed by atoms with van der Waals surface area (Å²) in [4.78, 5) is 12.3. The number of nitrogens with zero attached hydrogens (tertiary/aromatic N) is 2. The maximum absolute atomic E-state index is 12.9. The first-order valence-electron chi connectivity index (χ1n) is 7.63. The molecule has 1 N–H and O–H groups in total. The summed E-state index contributed by atoms with van der Waals surface area (Å²) in [5.41, 5.74) is 0.966. The van der Waals surface area contributed by atoms with Crippen molar-refractivity contribution in [2.75, 3.05) is 11.9 Å². The minimum Gasteiger partial charge on any atom is -0.363 e. The molecule has 1 heterocycles. The molecule has 2 aromatic rings. The van der Waals surface area contributed by atoms with Gasteiger partial charge >= 0.3 is 0 Å². The van der Waals surface area contributed by atoms with Gasteiger partial charge in [0.05, 0.1) is 11.4 Å². The number of benzene rings is 1. The topological polar surface area (TPSA) is 92.5 Å². The number of carbonyl (C=O) groups is 1. The maximum Gasteiger partial charge on any atom is 0.243 e. The average Bonchev–Trinajstić information content (AvgIpc) is 3.05. The number of anilines is 1. The molecule has 0 fully saturated rings. The van der Waals surface area contributed by atoms with E-state index in [0.717, 1.165) is 5.56 Å². The smallest absolute Gasteiger partial charge is 0.243 e. The fourth-order valence-electron chi connectivity index (χ4n) is 2.13. The van der Waals surface area contributed by atoms with Crippen molar-refractivity contribution < 1.29 is 17.7 Å². The van der Waals surface area contributed by atoms with E-state index in [9.17, 15) is 13.2 Å². The lowest BCUT2D eigenvalue weighted by molar-refractivity contribution is -0.116. The summed E-state index contributed by atoms with van der Waals surface area (Å²) in [6.45, 7) is 5.24. The van der Waals surface area contributed by atoms with Crippen molar-refractivity contribution in [3.8, 4) is 0 Å². The number of hydrogen-bond donors (Lipinski definition) is 1. The summed E-state index contributed by atoms with van der Waals surface area (Å²) >= 11 is 0. The predicted molar refractivity (Wildman–Crippen MR) is 90.0 cm³/mol. The fraction of sp³-hybridized carbons (Fsp3) is 0.375. The molecule has 7 nitrogen and oxygen atoms in total. The summed E-state index contributed by atoms with van der Waals surface area (Å²) in [6, 6.07) is 7.73. The van der Waals surface area contributed by atoms with Gasteiger partial charge in [0, 0.05) is 12.1 Å². The third kappa shape index (κ3) is 4.21.